The van der Waals surface area contributed by atoms with Crippen LogP contribution in [-0.4, -0.2) is 31.0 Å². The number of ketones is 1. The molecule has 1 N–H and O–H groups in total. The molecule has 6 nitrogen and oxygen atoms in total. The highest BCUT2D eigenvalue weighted by molar-refractivity contribution is 6.51. The number of aliphatic hydroxyl groups excluding tert-OH is 1. The lowest BCUT2D eigenvalue weighted by Crippen LogP contribution is -2.29. The second-order valence-corrected chi connectivity index (χ2v) is 8.75. The molecule has 0 saturated carbocycles. The van der Waals surface area contributed by atoms with Crippen LogP contribution in [-0.2, 0) is 16.0 Å². The van der Waals surface area contributed by atoms with E-state index in [2.05, 4.69) is 0 Å². The SMILES string of the molecule is CCc1ccc(N2C(=O)C(=O)/C(=C(/O)c3cc(Cl)c(OC)c(Cl)c3)C2c2cccc(OC)c2)cc1. The van der Waals surface area contributed by atoms with E-state index in [0.717, 1.165) is 12.0 Å². The number of hydrogen-bond acceptors (Lipinski definition) is 5. The second kappa shape index (κ2) is 10.0. The molecule has 3 aromatic rings. The van der Waals surface area contributed by atoms with Crippen molar-refractivity contribution in [1.29, 1.82) is 0 Å². The Balaban J connectivity index is 1.95. The highest BCUT2D eigenvalue weighted by atomic mass is 35.5. The Labute approximate surface area is 213 Å². The Kier molecular flexibility index (Phi) is 7.05. The summed E-state index contributed by atoms with van der Waals surface area (Å²) in [6.45, 7) is 2.03. The normalized spacial score (nSPS) is 17.1. The molecule has 3 aromatic carbocycles. The van der Waals surface area contributed by atoms with Crippen molar-refractivity contribution in [2.75, 3.05) is 19.1 Å². The van der Waals surface area contributed by atoms with E-state index in [0.29, 0.717) is 17.0 Å². The van der Waals surface area contributed by atoms with Crippen LogP contribution in [0.2, 0.25) is 10.0 Å². The number of Topliss-reactive ketones (excluding diaryl/α,β-unsaturated/α-hetero) is 1. The number of benzene rings is 3. The lowest BCUT2D eigenvalue weighted by atomic mass is 9.95. The third-order valence-electron chi connectivity index (χ3n) is 5.95. The molecule has 1 amide bonds. The first-order chi connectivity index (χ1) is 16.8. The predicted molar refractivity (Wildman–Crippen MR) is 137 cm³/mol. The molecule has 0 aromatic heterocycles. The molecule has 1 aliphatic heterocycles. The van der Waals surface area contributed by atoms with Crippen LogP contribution in [0.5, 0.6) is 11.5 Å². The molecule has 1 fully saturated rings. The van der Waals surface area contributed by atoms with E-state index >= 15 is 0 Å². The van der Waals surface area contributed by atoms with Crippen LogP contribution in [0, 0.1) is 0 Å². The summed E-state index contributed by atoms with van der Waals surface area (Å²) in [7, 11) is 2.95. The minimum atomic E-state index is -0.905. The predicted octanol–water partition coefficient (Wildman–Crippen LogP) is 6.20. The van der Waals surface area contributed by atoms with Gasteiger partial charge in [-0.2, -0.15) is 0 Å². The summed E-state index contributed by atoms with van der Waals surface area (Å²) in [5.41, 5.74) is 2.32. The summed E-state index contributed by atoms with van der Waals surface area (Å²) in [6.07, 6.45) is 0.831. The fourth-order valence-corrected chi connectivity index (χ4v) is 4.81. The first-order valence-corrected chi connectivity index (χ1v) is 11.6. The number of aryl methyl sites for hydroxylation is 1. The van der Waals surface area contributed by atoms with Gasteiger partial charge < -0.3 is 14.6 Å². The topological polar surface area (TPSA) is 76.1 Å². The fraction of sp³-hybridized carbons (Fsp3) is 0.185. The molecule has 1 atom stereocenters. The molecule has 0 aliphatic carbocycles. The summed E-state index contributed by atoms with van der Waals surface area (Å²) in [4.78, 5) is 28.0. The van der Waals surface area contributed by atoms with Gasteiger partial charge in [0.2, 0.25) is 0 Å². The standard InChI is InChI=1S/C27H23Cl2NO5/c1-4-15-8-10-18(11-9-15)30-23(16-6-5-7-19(12-16)34-2)22(25(32)27(30)33)24(31)17-13-20(28)26(35-3)21(29)14-17/h5-14,23,31H,4H2,1-3H3/b24-22+. The molecule has 4 rings (SSSR count). The molecule has 0 bridgehead atoms. The smallest absolute Gasteiger partial charge is 0.300 e. The van der Waals surface area contributed by atoms with E-state index in [1.807, 2.05) is 19.1 Å². The minimum absolute atomic E-state index is 0.0832. The average molecular weight is 512 g/mol. The average Bonchev–Trinajstić information content (AvgIpc) is 3.13. The first kappa shape index (κ1) is 24.6. The van der Waals surface area contributed by atoms with Gasteiger partial charge in [-0.25, -0.2) is 0 Å². The number of anilines is 1. The molecule has 1 aliphatic rings. The Morgan fingerprint density at radius 3 is 2.20 bits per heavy atom. The van der Waals surface area contributed by atoms with E-state index in [4.69, 9.17) is 32.7 Å². The zero-order valence-electron chi connectivity index (χ0n) is 19.3. The largest absolute Gasteiger partial charge is 0.507 e. The van der Waals surface area contributed by atoms with Crippen molar-refractivity contribution in [3.8, 4) is 11.5 Å². The molecule has 1 unspecified atom stereocenters. The third-order valence-corrected chi connectivity index (χ3v) is 6.51. The van der Waals surface area contributed by atoms with Gasteiger partial charge in [0.25, 0.3) is 11.7 Å². The lowest BCUT2D eigenvalue weighted by molar-refractivity contribution is -0.132. The van der Waals surface area contributed by atoms with E-state index < -0.39 is 23.5 Å². The number of amides is 1. The summed E-state index contributed by atoms with van der Waals surface area (Å²) < 4.78 is 10.5. The van der Waals surface area contributed by atoms with Gasteiger partial charge in [-0.1, -0.05) is 54.4 Å². The second-order valence-electron chi connectivity index (χ2n) is 7.94. The number of methoxy groups -OCH3 is 2. The zero-order chi connectivity index (χ0) is 25.3. The van der Waals surface area contributed by atoms with Gasteiger partial charge in [0.15, 0.2) is 5.75 Å². The van der Waals surface area contributed by atoms with Crippen LogP contribution in [0.25, 0.3) is 5.76 Å². The van der Waals surface area contributed by atoms with E-state index in [1.54, 1.807) is 36.4 Å². The van der Waals surface area contributed by atoms with E-state index in [1.165, 1.54) is 31.3 Å². The van der Waals surface area contributed by atoms with Crippen molar-refractivity contribution < 1.29 is 24.2 Å². The molecule has 1 heterocycles. The fourth-order valence-electron chi connectivity index (χ4n) is 4.17. The maximum Gasteiger partial charge on any atom is 0.300 e. The number of halogens is 2. The lowest BCUT2D eigenvalue weighted by Gasteiger charge is -2.26. The summed E-state index contributed by atoms with van der Waals surface area (Å²) in [5, 5.41) is 11.6. The number of nitrogens with zero attached hydrogens (tertiary/aromatic N) is 1. The van der Waals surface area contributed by atoms with Crippen molar-refractivity contribution in [2.24, 2.45) is 0 Å². The highest BCUT2D eigenvalue weighted by Crippen LogP contribution is 2.44. The monoisotopic (exact) mass is 511 g/mol. The zero-order valence-corrected chi connectivity index (χ0v) is 20.9. The van der Waals surface area contributed by atoms with Crippen LogP contribution >= 0.6 is 23.2 Å². The Hall–Kier alpha value is -3.48. The van der Waals surface area contributed by atoms with Gasteiger partial charge in [0.1, 0.15) is 11.5 Å². The molecule has 180 valence electrons. The van der Waals surface area contributed by atoms with Crippen molar-refractivity contribution in [2.45, 2.75) is 19.4 Å². The van der Waals surface area contributed by atoms with Gasteiger partial charge in [-0.3, -0.25) is 14.5 Å². The molecule has 0 radical (unpaired) electrons. The van der Waals surface area contributed by atoms with Crippen molar-refractivity contribution in [3.05, 3.63) is 93.0 Å². The number of ether oxygens (including phenoxy) is 2. The van der Waals surface area contributed by atoms with Gasteiger partial charge in [0, 0.05) is 11.3 Å². The molecule has 35 heavy (non-hydrogen) atoms. The Morgan fingerprint density at radius 1 is 0.971 bits per heavy atom. The van der Waals surface area contributed by atoms with Gasteiger partial charge in [0.05, 0.1) is 35.9 Å². The van der Waals surface area contributed by atoms with Crippen molar-refractivity contribution >= 4 is 46.3 Å². The van der Waals surface area contributed by atoms with Crippen LogP contribution in [0.4, 0.5) is 5.69 Å². The van der Waals surface area contributed by atoms with Gasteiger partial charge >= 0.3 is 0 Å². The first-order valence-electron chi connectivity index (χ1n) is 10.9. The molecule has 1 saturated heterocycles. The molecular weight excluding hydrogens is 489 g/mol. The molecule has 8 heteroatoms. The third kappa shape index (κ3) is 4.47. The molecule has 0 spiro atoms. The number of carbonyl (C=O) groups is 2. The van der Waals surface area contributed by atoms with Gasteiger partial charge in [-0.05, 0) is 53.9 Å². The number of hydrogen-bond donors (Lipinski definition) is 1. The number of carbonyl (C=O) groups excluding carboxylic acids is 2. The number of rotatable bonds is 6. The van der Waals surface area contributed by atoms with Crippen LogP contribution in [0.3, 0.4) is 0 Å². The number of aliphatic hydroxyl groups is 1. The van der Waals surface area contributed by atoms with E-state index in [-0.39, 0.29) is 26.9 Å². The van der Waals surface area contributed by atoms with Crippen molar-refractivity contribution in [3.63, 3.8) is 0 Å². The minimum Gasteiger partial charge on any atom is -0.507 e. The summed E-state index contributed by atoms with van der Waals surface area (Å²) >= 11 is 12.5. The Morgan fingerprint density at radius 2 is 1.63 bits per heavy atom. The highest BCUT2D eigenvalue weighted by Gasteiger charge is 2.47. The van der Waals surface area contributed by atoms with E-state index in [9.17, 15) is 14.7 Å². The maximum atomic E-state index is 13.3. The molecular formula is C27H23Cl2NO5. The van der Waals surface area contributed by atoms with Crippen LogP contribution in [0.15, 0.2) is 66.2 Å². The summed E-state index contributed by atoms with van der Waals surface area (Å²) in [5.74, 6) is -1.18. The van der Waals surface area contributed by atoms with Crippen molar-refractivity contribution in [1.82, 2.24) is 0 Å². The Bertz CT molecular complexity index is 1310. The maximum absolute atomic E-state index is 13.3. The quantitative estimate of drug-likeness (QED) is 0.242. The van der Waals surface area contributed by atoms with Crippen LogP contribution < -0.4 is 14.4 Å². The van der Waals surface area contributed by atoms with Gasteiger partial charge in [-0.15, -0.1) is 0 Å². The van der Waals surface area contributed by atoms with Crippen LogP contribution in [0.1, 0.15) is 29.7 Å². The summed E-state index contributed by atoms with van der Waals surface area (Å²) in [6, 6.07) is 16.4.